The van der Waals surface area contributed by atoms with Gasteiger partial charge < -0.3 is 10.2 Å². The van der Waals surface area contributed by atoms with Crippen molar-refractivity contribution in [1.82, 2.24) is 10.3 Å². The number of piperazine rings is 1. The predicted molar refractivity (Wildman–Crippen MR) is 79.1 cm³/mol. The van der Waals surface area contributed by atoms with E-state index in [-0.39, 0.29) is 12.4 Å². The number of rotatable bonds is 1. The Hall–Kier alpha value is -1.03. The zero-order valence-corrected chi connectivity index (χ0v) is 11.5. The summed E-state index contributed by atoms with van der Waals surface area (Å²) in [6.45, 7) is 4.13. The molecule has 0 unspecified atom stereocenters. The van der Waals surface area contributed by atoms with Gasteiger partial charge in [0.25, 0.3) is 0 Å². The highest BCUT2D eigenvalue weighted by molar-refractivity contribution is 6.31. The van der Waals surface area contributed by atoms with Crippen molar-refractivity contribution in [2.24, 2.45) is 0 Å². The lowest BCUT2D eigenvalue weighted by Crippen LogP contribution is -2.43. The molecule has 3 rings (SSSR count). The monoisotopic (exact) mass is 283 g/mol. The third-order valence-electron chi connectivity index (χ3n) is 3.14. The summed E-state index contributed by atoms with van der Waals surface area (Å²) >= 11 is 6.07. The van der Waals surface area contributed by atoms with Crippen LogP contribution in [0.1, 0.15) is 0 Å². The number of nitrogens with zero attached hydrogens (tertiary/aromatic N) is 2. The maximum Gasteiger partial charge on any atom is 0.0723 e. The maximum atomic E-state index is 6.07. The lowest BCUT2D eigenvalue weighted by atomic mass is 10.1. The molecule has 0 atom stereocenters. The van der Waals surface area contributed by atoms with E-state index in [0.717, 1.165) is 42.1 Å². The summed E-state index contributed by atoms with van der Waals surface area (Å²) in [5.74, 6) is 0. The van der Waals surface area contributed by atoms with Crippen LogP contribution in [-0.2, 0) is 0 Å². The second-order valence-electron chi connectivity index (χ2n) is 4.23. The maximum absolute atomic E-state index is 6.07. The van der Waals surface area contributed by atoms with Gasteiger partial charge in [-0.05, 0) is 24.3 Å². The standard InChI is InChI=1S/C13H14ClN3.ClH/c14-10-1-2-12-11(9-10)13(3-4-16-12)17-7-5-15-6-8-17;/h1-4,9,15H,5-8H2;1H. The topological polar surface area (TPSA) is 28.2 Å². The Kier molecular flexibility index (Phi) is 4.27. The molecule has 0 saturated carbocycles. The lowest BCUT2D eigenvalue weighted by molar-refractivity contribution is 0.590. The van der Waals surface area contributed by atoms with Crippen LogP contribution in [0.2, 0.25) is 5.02 Å². The van der Waals surface area contributed by atoms with Gasteiger partial charge in [0.05, 0.1) is 5.52 Å². The Balaban J connectivity index is 0.00000120. The van der Waals surface area contributed by atoms with Gasteiger partial charge in [0.1, 0.15) is 0 Å². The second-order valence-corrected chi connectivity index (χ2v) is 4.67. The Bertz CT molecular complexity index is 539. The first-order valence-corrected chi connectivity index (χ1v) is 6.22. The quantitative estimate of drug-likeness (QED) is 0.872. The molecule has 18 heavy (non-hydrogen) atoms. The molecule has 0 radical (unpaired) electrons. The SMILES string of the molecule is Cl.Clc1ccc2nccc(N3CCNCC3)c2c1. The fourth-order valence-corrected chi connectivity index (χ4v) is 2.46. The summed E-state index contributed by atoms with van der Waals surface area (Å²) < 4.78 is 0. The average molecular weight is 284 g/mol. The van der Waals surface area contributed by atoms with Gasteiger partial charge in [-0.15, -0.1) is 12.4 Å². The molecule has 1 aliphatic rings. The minimum Gasteiger partial charge on any atom is -0.368 e. The molecule has 1 fully saturated rings. The Labute approximate surface area is 118 Å². The number of fused-ring (bicyclic) bond motifs is 1. The van der Waals surface area contributed by atoms with Gasteiger partial charge in [0.2, 0.25) is 0 Å². The number of pyridine rings is 1. The molecular weight excluding hydrogens is 269 g/mol. The van der Waals surface area contributed by atoms with Crippen LogP contribution in [0.15, 0.2) is 30.5 Å². The molecular formula is C13H15Cl2N3. The average Bonchev–Trinajstić information content (AvgIpc) is 2.39. The van der Waals surface area contributed by atoms with Crippen LogP contribution >= 0.6 is 24.0 Å². The number of benzene rings is 1. The van der Waals surface area contributed by atoms with E-state index in [1.54, 1.807) is 0 Å². The fraction of sp³-hybridized carbons (Fsp3) is 0.308. The molecule has 1 saturated heterocycles. The minimum absolute atomic E-state index is 0. The number of aromatic nitrogens is 1. The Morgan fingerprint density at radius 1 is 1.17 bits per heavy atom. The summed E-state index contributed by atoms with van der Waals surface area (Å²) in [7, 11) is 0. The smallest absolute Gasteiger partial charge is 0.0723 e. The first kappa shape index (κ1) is 13.4. The van der Waals surface area contributed by atoms with Gasteiger partial charge in [0, 0.05) is 48.5 Å². The number of anilines is 1. The summed E-state index contributed by atoms with van der Waals surface area (Å²) in [6.07, 6.45) is 1.87. The molecule has 0 amide bonds. The number of nitrogens with one attached hydrogen (secondary N) is 1. The van der Waals surface area contributed by atoms with E-state index in [9.17, 15) is 0 Å². The van der Waals surface area contributed by atoms with E-state index in [2.05, 4.69) is 21.3 Å². The summed E-state index contributed by atoms with van der Waals surface area (Å²) in [5.41, 5.74) is 2.24. The van der Waals surface area contributed by atoms with E-state index in [1.165, 1.54) is 5.69 Å². The molecule has 1 aromatic heterocycles. The zero-order valence-electron chi connectivity index (χ0n) is 9.90. The molecule has 1 aliphatic heterocycles. The largest absolute Gasteiger partial charge is 0.368 e. The molecule has 96 valence electrons. The highest BCUT2D eigenvalue weighted by Gasteiger charge is 2.13. The third kappa shape index (κ3) is 2.53. The summed E-state index contributed by atoms with van der Waals surface area (Å²) in [4.78, 5) is 6.76. The van der Waals surface area contributed by atoms with Crippen LogP contribution in [-0.4, -0.2) is 31.2 Å². The van der Waals surface area contributed by atoms with Gasteiger partial charge in [-0.1, -0.05) is 11.6 Å². The number of hydrogen-bond donors (Lipinski definition) is 1. The van der Waals surface area contributed by atoms with Crippen molar-refractivity contribution >= 4 is 40.6 Å². The van der Waals surface area contributed by atoms with Gasteiger partial charge in [0.15, 0.2) is 0 Å². The van der Waals surface area contributed by atoms with Crippen LogP contribution in [0.3, 0.4) is 0 Å². The molecule has 0 aliphatic carbocycles. The van der Waals surface area contributed by atoms with E-state index < -0.39 is 0 Å². The van der Waals surface area contributed by atoms with Crippen LogP contribution in [0.25, 0.3) is 10.9 Å². The van der Waals surface area contributed by atoms with Crippen molar-refractivity contribution < 1.29 is 0 Å². The molecule has 0 spiro atoms. The molecule has 1 N–H and O–H groups in total. The van der Waals surface area contributed by atoms with Crippen molar-refractivity contribution in [3.63, 3.8) is 0 Å². The van der Waals surface area contributed by atoms with Crippen molar-refractivity contribution in [2.75, 3.05) is 31.1 Å². The molecule has 5 heteroatoms. The normalized spacial score (nSPS) is 15.5. The fourth-order valence-electron chi connectivity index (χ4n) is 2.29. The Morgan fingerprint density at radius 2 is 1.94 bits per heavy atom. The molecule has 0 bridgehead atoms. The third-order valence-corrected chi connectivity index (χ3v) is 3.37. The highest BCUT2D eigenvalue weighted by atomic mass is 35.5. The van der Waals surface area contributed by atoms with Crippen molar-refractivity contribution in [3.8, 4) is 0 Å². The van der Waals surface area contributed by atoms with E-state index in [4.69, 9.17) is 11.6 Å². The minimum atomic E-state index is 0. The summed E-state index contributed by atoms with van der Waals surface area (Å²) in [6, 6.07) is 7.94. The van der Waals surface area contributed by atoms with Crippen molar-refractivity contribution in [1.29, 1.82) is 0 Å². The second kappa shape index (κ2) is 5.74. The van der Waals surface area contributed by atoms with Crippen LogP contribution in [0.4, 0.5) is 5.69 Å². The molecule has 2 heterocycles. The number of halogens is 2. The van der Waals surface area contributed by atoms with Gasteiger partial charge in [-0.2, -0.15) is 0 Å². The molecule has 2 aromatic rings. The van der Waals surface area contributed by atoms with Crippen LogP contribution < -0.4 is 10.2 Å². The van der Waals surface area contributed by atoms with Gasteiger partial charge >= 0.3 is 0 Å². The van der Waals surface area contributed by atoms with E-state index >= 15 is 0 Å². The van der Waals surface area contributed by atoms with Crippen molar-refractivity contribution in [2.45, 2.75) is 0 Å². The Morgan fingerprint density at radius 3 is 2.72 bits per heavy atom. The lowest BCUT2D eigenvalue weighted by Gasteiger charge is -2.30. The van der Waals surface area contributed by atoms with E-state index in [1.807, 2.05) is 24.4 Å². The van der Waals surface area contributed by atoms with Crippen LogP contribution in [0, 0.1) is 0 Å². The number of hydrogen-bond acceptors (Lipinski definition) is 3. The predicted octanol–water partition coefficient (Wildman–Crippen LogP) is 2.72. The highest BCUT2D eigenvalue weighted by Crippen LogP contribution is 2.27. The van der Waals surface area contributed by atoms with Gasteiger partial charge in [-0.3, -0.25) is 4.98 Å². The zero-order chi connectivity index (χ0) is 11.7. The first-order valence-electron chi connectivity index (χ1n) is 5.84. The first-order chi connectivity index (χ1) is 8.34. The molecule has 1 aromatic carbocycles. The van der Waals surface area contributed by atoms with Crippen LogP contribution in [0.5, 0.6) is 0 Å². The van der Waals surface area contributed by atoms with Crippen molar-refractivity contribution in [3.05, 3.63) is 35.5 Å². The van der Waals surface area contributed by atoms with E-state index in [0.29, 0.717) is 0 Å². The van der Waals surface area contributed by atoms with Gasteiger partial charge in [-0.25, -0.2) is 0 Å². The molecule has 3 nitrogen and oxygen atoms in total. The summed E-state index contributed by atoms with van der Waals surface area (Å²) in [5, 5.41) is 5.27.